The van der Waals surface area contributed by atoms with E-state index in [0.29, 0.717) is 12.3 Å². The van der Waals surface area contributed by atoms with E-state index in [4.69, 9.17) is 4.74 Å². The third kappa shape index (κ3) is 3.90. The van der Waals surface area contributed by atoms with E-state index in [1.54, 1.807) is 18.2 Å². The van der Waals surface area contributed by atoms with Gasteiger partial charge >= 0.3 is 0 Å². The fraction of sp³-hybridized carbons (Fsp3) is 0.238. The number of hydrogen-bond acceptors (Lipinski definition) is 3. The van der Waals surface area contributed by atoms with Gasteiger partial charge in [-0.05, 0) is 73.4 Å². The Kier molecular flexibility index (Phi) is 5.65. The SMILES string of the molecule is CCCOc1ccc(/C=C2/C(=O)NN(c3ccc(Br)cc3)C2=O)c(C)c1C. The van der Waals surface area contributed by atoms with Crippen LogP contribution in [0.1, 0.15) is 30.0 Å². The van der Waals surface area contributed by atoms with Gasteiger partial charge in [-0.3, -0.25) is 15.0 Å². The van der Waals surface area contributed by atoms with Gasteiger partial charge in [0.2, 0.25) is 0 Å². The molecule has 0 aliphatic carbocycles. The number of hydrazine groups is 1. The van der Waals surface area contributed by atoms with Crippen molar-refractivity contribution in [3.63, 3.8) is 0 Å². The fourth-order valence-corrected chi connectivity index (χ4v) is 3.09. The first-order valence-corrected chi connectivity index (χ1v) is 9.57. The van der Waals surface area contributed by atoms with Gasteiger partial charge in [-0.2, -0.15) is 0 Å². The molecule has 0 radical (unpaired) electrons. The standard InChI is InChI=1S/C21H21BrN2O3/c1-4-11-27-19-10-5-15(13(2)14(19)3)12-18-20(25)23-24(21(18)26)17-8-6-16(22)7-9-17/h5-10,12H,4,11H2,1-3H3,(H,23,25)/b18-12-. The highest BCUT2D eigenvalue weighted by molar-refractivity contribution is 9.10. The predicted molar refractivity (Wildman–Crippen MR) is 109 cm³/mol. The summed E-state index contributed by atoms with van der Waals surface area (Å²) in [4.78, 5) is 25.1. The lowest BCUT2D eigenvalue weighted by molar-refractivity contribution is -0.117. The maximum atomic E-state index is 12.7. The molecule has 1 N–H and O–H groups in total. The normalized spacial score (nSPS) is 15.4. The van der Waals surface area contributed by atoms with E-state index in [1.807, 2.05) is 38.1 Å². The second-order valence-corrected chi connectivity index (χ2v) is 7.28. The second kappa shape index (κ2) is 7.96. The molecule has 27 heavy (non-hydrogen) atoms. The van der Waals surface area contributed by atoms with Crippen LogP contribution in [0.3, 0.4) is 0 Å². The molecule has 1 aliphatic heterocycles. The number of carbonyl (C=O) groups excluding carboxylic acids is 2. The molecule has 1 aliphatic rings. The zero-order chi connectivity index (χ0) is 19.6. The zero-order valence-corrected chi connectivity index (χ0v) is 17.1. The highest BCUT2D eigenvalue weighted by Crippen LogP contribution is 2.28. The first kappa shape index (κ1) is 19.2. The van der Waals surface area contributed by atoms with Crippen molar-refractivity contribution in [2.45, 2.75) is 27.2 Å². The van der Waals surface area contributed by atoms with Gasteiger partial charge in [0.1, 0.15) is 11.3 Å². The number of nitrogens with one attached hydrogen (secondary N) is 1. The van der Waals surface area contributed by atoms with Crippen LogP contribution in [-0.4, -0.2) is 18.4 Å². The highest BCUT2D eigenvalue weighted by atomic mass is 79.9. The van der Waals surface area contributed by atoms with Gasteiger partial charge in [-0.25, -0.2) is 5.01 Å². The molecule has 2 aromatic rings. The molecule has 0 aromatic heterocycles. The molecule has 2 amide bonds. The van der Waals surface area contributed by atoms with E-state index in [-0.39, 0.29) is 11.5 Å². The summed E-state index contributed by atoms with van der Waals surface area (Å²) in [5.74, 6) is 0.0483. The molecule has 2 aromatic carbocycles. The van der Waals surface area contributed by atoms with Crippen LogP contribution in [-0.2, 0) is 9.59 Å². The third-order valence-corrected chi connectivity index (χ3v) is 5.05. The Balaban J connectivity index is 1.90. The molecule has 0 unspecified atom stereocenters. The lowest BCUT2D eigenvalue weighted by Gasteiger charge is -2.14. The van der Waals surface area contributed by atoms with Gasteiger partial charge in [0.25, 0.3) is 11.8 Å². The molecule has 0 bridgehead atoms. The van der Waals surface area contributed by atoms with Gasteiger partial charge in [0.05, 0.1) is 12.3 Å². The van der Waals surface area contributed by atoms with E-state index in [0.717, 1.165) is 33.3 Å². The molecule has 0 saturated carbocycles. The maximum absolute atomic E-state index is 12.7. The van der Waals surface area contributed by atoms with Crippen molar-refractivity contribution in [3.05, 3.63) is 63.1 Å². The molecule has 5 nitrogen and oxygen atoms in total. The van der Waals surface area contributed by atoms with Crippen LogP contribution >= 0.6 is 15.9 Å². The predicted octanol–water partition coefficient (Wildman–Crippen LogP) is 4.32. The quantitative estimate of drug-likeness (QED) is 0.569. The summed E-state index contributed by atoms with van der Waals surface area (Å²) >= 11 is 3.36. The topological polar surface area (TPSA) is 58.6 Å². The molecule has 1 heterocycles. The van der Waals surface area contributed by atoms with Crippen molar-refractivity contribution in [1.82, 2.24) is 5.43 Å². The number of amides is 2. The first-order valence-electron chi connectivity index (χ1n) is 8.78. The van der Waals surface area contributed by atoms with Crippen LogP contribution in [0.2, 0.25) is 0 Å². The third-order valence-electron chi connectivity index (χ3n) is 4.52. The van der Waals surface area contributed by atoms with Crippen molar-refractivity contribution in [2.75, 3.05) is 11.6 Å². The summed E-state index contributed by atoms with van der Waals surface area (Å²) in [7, 11) is 0. The van der Waals surface area contributed by atoms with Gasteiger partial charge in [0.15, 0.2) is 0 Å². The van der Waals surface area contributed by atoms with Crippen LogP contribution in [0.4, 0.5) is 5.69 Å². The average Bonchev–Trinajstić information content (AvgIpc) is 2.93. The minimum absolute atomic E-state index is 0.114. The Morgan fingerprint density at radius 3 is 2.44 bits per heavy atom. The lowest BCUT2D eigenvalue weighted by Crippen LogP contribution is -2.35. The molecular weight excluding hydrogens is 408 g/mol. The average molecular weight is 429 g/mol. The monoisotopic (exact) mass is 428 g/mol. The lowest BCUT2D eigenvalue weighted by atomic mass is 10.00. The van der Waals surface area contributed by atoms with Crippen molar-refractivity contribution in [3.8, 4) is 5.75 Å². The largest absolute Gasteiger partial charge is 0.493 e. The fourth-order valence-electron chi connectivity index (χ4n) is 2.83. The molecular formula is C21H21BrN2O3. The number of halogens is 1. The molecule has 6 heteroatoms. The van der Waals surface area contributed by atoms with Crippen LogP contribution in [0.15, 0.2) is 46.4 Å². The van der Waals surface area contributed by atoms with Crippen molar-refractivity contribution in [2.24, 2.45) is 0 Å². The smallest absolute Gasteiger partial charge is 0.282 e. The maximum Gasteiger partial charge on any atom is 0.282 e. The number of hydrogen-bond donors (Lipinski definition) is 1. The number of carbonyl (C=O) groups is 2. The van der Waals surface area contributed by atoms with Crippen LogP contribution in [0, 0.1) is 13.8 Å². The Morgan fingerprint density at radius 1 is 1.07 bits per heavy atom. The number of ether oxygens (including phenoxy) is 1. The minimum atomic E-state index is -0.411. The summed E-state index contributed by atoms with van der Waals surface area (Å²) in [6.45, 7) is 6.66. The van der Waals surface area contributed by atoms with Crippen molar-refractivity contribution in [1.29, 1.82) is 0 Å². The van der Waals surface area contributed by atoms with Crippen LogP contribution in [0.5, 0.6) is 5.75 Å². The number of rotatable bonds is 5. The summed E-state index contributed by atoms with van der Waals surface area (Å²) in [6.07, 6.45) is 2.58. The first-order chi connectivity index (χ1) is 12.9. The summed E-state index contributed by atoms with van der Waals surface area (Å²) in [6, 6.07) is 10.9. The number of benzene rings is 2. The van der Waals surface area contributed by atoms with Gasteiger partial charge < -0.3 is 4.74 Å². The van der Waals surface area contributed by atoms with E-state index < -0.39 is 5.91 Å². The molecule has 1 saturated heterocycles. The second-order valence-electron chi connectivity index (χ2n) is 6.37. The van der Waals surface area contributed by atoms with Crippen LogP contribution in [0.25, 0.3) is 6.08 Å². The zero-order valence-electron chi connectivity index (χ0n) is 15.5. The van der Waals surface area contributed by atoms with Crippen molar-refractivity contribution < 1.29 is 14.3 Å². The number of anilines is 1. The minimum Gasteiger partial charge on any atom is -0.493 e. The van der Waals surface area contributed by atoms with Crippen molar-refractivity contribution >= 4 is 39.5 Å². The molecule has 3 rings (SSSR count). The number of nitrogens with zero attached hydrogens (tertiary/aromatic N) is 1. The summed E-state index contributed by atoms with van der Waals surface area (Å²) < 4.78 is 6.64. The Bertz CT molecular complexity index is 920. The molecule has 0 spiro atoms. The molecule has 140 valence electrons. The molecule has 0 atom stereocenters. The molecule has 1 fully saturated rings. The highest BCUT2D eigenvalue weighted by Gasteiger charge is 2.34. The Morgan fingerprint density at radius 2 is 1.78 bits per heavy atom. The van der Waals surface area contributed by atoms with Gasteiger partial charge in [-0.15, -0.1) is 0 Å². The van der Waals surface area contributed by atoms with E-state index in [1.165, 1.54) is 5.01 Å². The van der Waals surface area contributed by atoms with Crippen LogP contribution < -0.4 is 15.2 Å². The Labute approximate surface area is 167 Å². The van der Waals surface area contributed by atoms with E-state index in [9.17, 15) is 9.59 Å². The van der Waals surface area contributed by atoms with E-state index >= 15 is 0 Å². The Hall–Kier alpha value is -2.60. The van der Waals surface area contributed by atoms with E-state index in [2.05, 4.69) is 28.3 Å². The summed E-state index contributed by atoms with van der Waals surface area (Å²) in [5.41, 5.74) is 6.16. The van der Waals surface area contributed by atoms with Gasteiger partial charge in [-0.1, -0.05) is 28.9 Å². The van der Waals surface area contributed by atoms with Gasteiger partial charge in [0, 0.05) is 4.47 Å². The summed E-state index contributed by atoms with van der Waals surface area (Å²) in [5, 5.41) is 1.27.